The SMILES string of the molecule is CC(=O)SCC1CC(=O)N(c2cc(Br)cc(Br)c2O)C1. The first-order valence-electron chi connectivity index (χ1n) is 6.00. The van der Waals surface area contributed by atoms with Gasteiger partial charge < -0.3 is 10.0 Å². The highest BCUT2D eigenvalue weighted by molar-refractivity contribution is 9.11. The van der Waals surface area contributed by atoms with Crippen LogP contribution in [0.1, 0.15) is 13.3 Å². The molecule has 1 saturated heterocycles. The summed E-state index contributed by atoms with van der Waals surface area (Å²) in [5.41, 5.74) is 0.492. The second kappa shape index (κ2) is 6.49. The van der Waals surface area contributed by atoms with Crippen LogP contribution in [0.15, 0.2) is 21.1 Å². The number of rotatable bonds is 3. The van der Waals surface area contributed by atoms with Crippen molar-refractivity contribution in [2.45, 2.75) is 13.3 Å². The number of benzene rings is 1. The first kappa shape index (κ1) is 15.9. The Morgan fingerprint density at radius 3 is 2.85 bits per heavy atom. The van der Waals surface area contributed by atoms with E-state index in [2.05, 4.69) is 31.9 Å². The van der Waals surface area contributed by atoms with Gasteiger partial charge in [-0.2, -0.15) is 0 Å². The standard InChI is InChI=1S/C13H13Br2NO3S/c1-7(17)20-6-8-2-12(18)16(5-8)11-4-9(14)3-10(15)13(11)19/h3-4,8,19H,2,5-6H2,1H3. The van der Waals surface area contributed by atoms with Crippen molar-refractivity contribution >= 4 is 60.3 Å². The van der Waals surface area contributed by atoms with Crippen LogP contribution in [0.3, 0.4) is 0 Å². The molecule has 0 bridgehead atoms. The van der Waals surface area contributed by atoms with Gasteiger partial charge in [0.15, 0.2) is 10.9 Å². The van der Waals surface area contributed by atoms with Gasteiger partial charge in [0.05, 0.1) is 10.2 Å². The molecule has 0 spiro atoms. The Morgan fingerprint density at radius 1 is 1.50 bits per heavy atom. The minimum absolute atomic E-state index is 0.0283. The summed E-state index contributed by atoms with van der Waals surface area (Å²) in [6.45, 7) is 2.05. The van der Waals surface area contributed by atoms with Crippen molar-refractivity contribution in [1.29, 1.82) is 0 Å². The summed E-state index contributed by atoms with van der Waals surface area (Å²) in [6, 6.07) is 3.45. The average molecular weight is 423 g/mol. The number of thioether (sulfide) groups is 1. The largest absolute Gasteiger partial charge is 0.505 e. The number of halogens is 2. The molecule has 0 aliphatic carbocycles. The average Bonchev–Trinajstić information content (AvgIpc) is 2.72. The van der Waals surface area contributed by atoms with E-state index in [1.807, 2.05) is 0 Å². The minimum atomic E-state index is -0.0283. The Morgan fingerprint density at radius 2 is 2.20 bits per heavy atom. The van der Waals surface area contributed by atoms with Gasteiger partial charge in [-0.1, -0.05) is 27.7 Å². The van der Waals surface area contributed by atoms with Gasteiger partial charge in [0.1, 0.15) is 0 Å². The Labute approximate surface area is 138 Å². The van der Waals surface area contributed by atoms with Gasteiger partial charge in [0.25, 0.3) is 0 Å². The third kappa shape index (κ3) is 3.56. The Bertz CT molecular complexity index is 565. The molecule has 1 unspecified atom stereocenters. The summed E-state index contributed by atoms with van der Waals surface area (Å²) in [4.78, 5) is 24.7. The van der Waals surface area contributed by atoms with Crippen molar-refractivity contribution < 1.29 is 14.7 Å². The Hall–Kier alpha value is -0.530. The molecule has 1 amide bonds. The van der Waals surface area contributed by atoms with E-state index in [-0.39, 0.29) is 22.7 Å². The molecule has 4 nitrogen and oxygen atoms in total. The minimum Gasteiger partial charge on any atom is -0.505 e. The van der Waals surface area contributed by atoms with Crippen LogP contribution in [0.2, 0.25) is 0 Å². The lowest BCUT2D eigenvalue weighted by atomic mass is 10.1. The number of nitrogens with zero attached hydrogens (tertiary/aromatic N) is 1. The molecule has 1 aliphatic rings. The van der Waals surface area contributed by atoms with Crippen LogP contribution >= 0.6 is 43.6 Å². The lowest BCUT2D eigenvalue weighted by molar-refractivity contribution is -0.117. The van der Waals surface area contributed by atoms with Crippen molar-refractivity contribution in [2.75, 3.05) is 17.2 Å². The van der Waals surface area contributed by atoms with Gasteiger partial charge >= 0.3 is 0 Å². The van der Waals surface area contributed by atoms with Gasteiger partial charge in [-0.15, -0.1) is 0 Å². The first-order valence-corrected chi connectivity index (χ1v) is 8.57. The number of hydrogen-bond donors (Lipinski definition) is 1. The molecule has 1 aromatic rings. The molecule has 7 heteroatoms. The summed E-state index contributed by atoms with van der Waals surface area (Å²) in [5.74, 6) is 0.794. The topological polar surface area (TPSA) is 57.6 Å². The number of hydrogen-bond acceptors (Lipinski definition) is 4. The van der Waals surface area contributed by atoms with Crippen molar-refractivity contribution in [3.63, 3.8) is 0 Å². The maximum absolute atomic E-state index is 12.1. The highest BCUT2D eigenvalue weighted by Gasteiger charge is 2.32. The number of carbonyl (C=O) groups is 2. The molecular formula is C13H13Br2NO3S. The number of phenols is 1. The number of amides is 1. The molecular weight excluding hydrogens is 410 g/mol. The fraction of sp³-hybridized carbons (Fsp3) is 0.385. The van der Waals surface area contributed by atoms with Crippen LogP contribution in [-0.4, -0.2) is 28.4 Å². The summed E-state index contributed by atoms with van der Waals surface area (Å²) < 4.78 is 1.32. The quantitative estimate of drug-likeness (QED) is 0.809. The van der Waals surface area contributed by atoms with Crippen LogP contribution in [-0.2, 0) is 9.59 Å². The molecule has 108 valence electrons. The highest BCUT2D eigenvalue weighted by Crippen LogP contribution is 2.40. The van der Waals surface area contributed by atoms with Crippen molar-refractivity contribution in [3.8, 4) is 5.75 Å². The lowest BCUT2D eigenvalue weighted by Crippen LogP contribution is -2.25. The van der Waals surface area contributed by atoms with Gasteiger partial charge in [-0.05, 0) is 34.0 Å². The van der Waals surface area contributed by atoms with Crippen molar-refractivity contribution in [3.05, 3.63) is 21.1 Å². The first-order chi connectivity index (χ1) is 9.38. The van der Waals surface area contributed by atoms with E-state index in [9.17, 15) is 14.7 Å². The third-order valence-corrected chi connectivity index (χ3v) is 5.13. The summed E-state index contributed by atoms with van der Waals surface area (Å²) in [7, 11) is 0. The van der Waals surface area contributed by atoms with E-state index in [0.29, 0.717) is 28.9 Å². The molecule has 0 radical (unpaired) electrons. The van der Waals surface area contributed by atoms with Gasteiger partial charge in [0.2, 0.25) is 5.91 Å². The maximum atomic E-state index is 12.1. The molecule has 2 rings (SSSR count). The summed E-state index contributed by atoms with van der Waals surface area (Å²) >= 11 is 7.85. The monoisotopic (exact) mass is 421 g/mol. The molecule has 1 aromatic carbocycles. The third-order valence-electron chi connectivity index (χ3n) is 3.03. The number of anilines is 1. The van der Waals surface area contributed by atoms with E-state index < -0.39 is 0 Å². The molecule has 20 heavy (non-hydrogen) atoms. The van der Waals surface area contributed by atoms with Gasteiger partial charge in [-0.25, -0.2) is 0 Å². The molecule has 1 fully saturated rings. The number of aromatic hydroxyl groups is 1. The number of phenolic OH excluding ortho intramolecular Hbond substituents is 1. The zero-order valence-electron chi connectivity index (χ0n) is 10.7. The smallest absolute Gasteiger partial charge is 0.227 e. The molecule has 1 heterocycles. The van der Waals surface area contributed by atoms with E-state index in [4.69, 9.17) is 0 Å². The van der Waals surface area contributed by atoms with Crippen LogP contribution in [0.5, 0.6) is 5.75 Å². The predicted molar refractivity (Wildman–Crippen MR) is 87.1 cm³/mol. The summed E-state index contributed by atoms with van der Waals surface area (Å²) in [6.07, 6.45) is 0.407. The van der Waals surface area contributed by atoms with Crippen LogP contribution in [0.25, 0.3) is 0 Å². The lowest BCUT2D eigenvalue weighted by Gasteiger charge is -2.19. The van der Waals surface area contributed by atoms with E-state index >= 15 is 0 Å². The Kier molecular flexibility index (Phi) is 5.14. The van der Waals surface area contributed by atoms with Gasteiger partial charge in [0, 0.05) is 30.1 Å². The molecule has 1 atom stereocenters. The normalized spacial score (nSPS) is 18.6. The van der Waals surface area contributed by atoms with Crippen LogP contribution in [0, 0.1) is 5.92 Å². The number of carbonyl (C=O) groups excluding carboxylic acids is 2. The fourth-order valence-corrected chi connectivity index (χ4v) is 4.02. The molecule has 0 aromatic heterocycles. The summed E-state index contributed by atoms with van der Waals surface area (Å²) in [5, 5.41) is 10.1. The van der Waals surface area contributed by atoms with E-state index in [0.717, 1.165) is 4.47 Å². The molecule has 1 N–H and O–H groups in total. The van der Waals surface area contributed by atoms with E-state index in [1.165, 1.54) is 18.7 Å². The van der Waals surface area contributed by atoms with Crippen molar-refractivity contribution in [1.82, 2.24) is 0 Å². The van der Waals surface area contributed by atoms with Crippen molar-refractivity contribution in [2.24, 2.45) is 5.92 Å². The zero-order valence-corrected chi connectivity index (χ0v) is 14.7. The van der Waals surface area contributed by atoms with Gasteiger partial charge in [-0.3, -0.25) is 9.59 Å². The Balaban J connectivity index is 2.18. The second-order valence-corrected chi connectivity index (χ2v) is 7.60. The van der Waals surface area contributed by atoms with E-state index in [1.54, 1.807) is 17.0 Å². The second-order valence-electron chi connectivity index (χ2n) is 4.63. The zero-order chi connectivity index (χ0) is 14.9. The van der Waals surface area contributed by atoms with Crippen LogP contribution < -0.4 is 4.90 Å². The predicted octanol–water partition coefficient (Wildman–Crippen LogP) is 3.55. The molecule has 1 aliphatic heterocycles. The fourth-order valence-electron chi connectivity index (χ4n) is 2.12. The maximum Gasteiger partial charge on any atom is 0.227 e. The molecule has 0 saturated carbocycles. The van der Waals surface area contributed by atoms with Crippen LogP contribution in [0.4, 0.5) is 5.69 Å². The highest BCUT2D eigenvalue weighted by atomic mass is 79.9.